The maximum atomic E-state index is 13.0. The molecule has 2 aliphatic heterocycles. The highest BCUT2D eigenvalue weighted by molar-refractivity contribution is 7.89. The Morgan fingerprint density at radius 2 is 1.79 bits per heavy atom. The molecule has 1 fully saturated rings. The van der Waals surface area contributed by atoms with Crippen LogP contribution in [0, 0.1) is 5.92 Å². The minimum absolute atomic E-state index is 0.133. The van der Waals surface area contributed by atoms with Gasteiger partial charge < -0.3 is 10.4 Å². The van der Waals surface area contributed by atoms with E-state index in [2.05, 4.69) is 17.5 Å². The lowest BCUT2D eigenvalue weighted by molar-refractivity contribution is 0.423. The average Bonchev–Trinajstić information content (AvgIpc) is 3.40. The standard InChI is InChI=1S/C22H24N2O3S/c25-16-8-6-15(7-9-16)22-19-5-3-4-18(19)20-14-17(10-11-21(20)23-22)28(26,27)24-12-1-2-13-24/h3-4,6-11,14,18-19,22-23,25H,1-2,5,12-13H2. The normalized spacial score (nSPS) is 26.6. The minimum atomic E-state index is -3.42. The molecule has 5 nitrogen and oxygen atoms in total. The van der Waals surface area contributed by atoms with Crippen LogP contribution in [-0.4, -0.2) is 30.9 Å². The number of nitrogens with zero attached hydrogens (tertiary/aromatic N) is 1. The molecule has 0 aromatic heterocycles. The molecule has 5 rings (SSSR count). The molecule has 3 aliphatic rings. The highest BCUT2D eigenvalue weighted by Gasteiger charge is 2.39. The largest absolute Gasteiger partial charge is 0.508 e. The monoisotopic (exact) mass is 396 g/mol. The van der Waals surface area contributed by atoms with E-state index in [1.165, 1.54) is 0 Å². The minimum Gasteiger partial charge on any atom is -0.508 e. The molecule has 1 saturated heterocycles. The molecule has 0 spiro atoms. The van der Waals surface area contributed by atoms with Crippen LogP contribution < -0.4 is 5.32 Å². The summed E-state index contributed by atoms with van der Waals surface area (Å²) in [5.41, 5.74) is 3.19. The smallest absolute Gasteiger partial charge is 0.243 e. The van der Waals surface area contributed by atoms with Crippen LogP contribution in [0.3, 0.4) is 0 Å². The van der Waals surface area contributed by atoms with E-state index in [-0.39, 0.29) is 17.7 Å². The van der Waals surface area contributed by atoms with E-state index in [0.717, 1.165) is 36.1 Å². The van der Waals surface area contributed by atoms with Crippen LogP contribution in [0.1, 0.15) is 42.3 Å². The summed E-state index contributed by atoms with van der Waals surface area (Å²) < 4.78 is 27.6. The van der Waals surface area contributed by atoms with E-state index >= 15 is 0 Å². The summed E-state index contributed by atoms with van der Waals surface area (Å²) in [6.07, 6.45) is 7.23. The van der Waals surface area contributed by atoms with E-state index in [1.807, 2.05) is 24.3 Å². The topological polar surface area (TPSA) is 69.6 Å². The van der Waals surface area contributed by atoms with Crippen molar-refractivity contribution in [2.45, 2.75) is 36.1 Å². The number of hydrogen-bond donors (Lipinski definition) is 2. The second-order valence-corrected chi connectivity index (χ2v) is 9.87. The first kappa shape index (κ1) is 17.8. The van der Waals surface area contributed by atoms with Gasteiger partial charge in [-0.05, 0) is 66.6 Å². The summed E-state index contributed by atoms with van der Waals surface area (Å²) in [5, 5.41) is 13.2. The first-order valence-electron chi connectivity index (χ1n) is 9.90. The first-order chi connectivity index (χ1) is 13.5. The third-order valence-corrected chi connectivity index (χ3v) is 8.18. The molecule has 3 atom stereocenters. The predicted molar refractivity (Wildman–Crippen MR) is 109 cm³/mol. The van der Waals surface area contributed by atoms with Crippen molar-refractivity contribution in [3.63, 3.8) is 0 Å². The Morgan fingerprint density at radius 1 is 1.04 bits per heavy atom. The van der Waals surface area contributed by atoms with Gasteiger partial charge in [0, 0.05) is 24.7 Å². The van der Waals surface area contributed by atoms with E-state index < -0.39 is 10.0 Å². The number of nitrogens with one attached hydrogen (secondary N) is 1. The fourth-order valence-corrected chi connectivity index (χ4v) is 6.38. The van der Waals surface area contributed by atoms with Crippen LogP contribution in [0.5, 0.6) is 5.75 Å². The van der Waals surface area contributed by atoms with Gasteiger partial charge in [-0.3, -0.25) is 0 Å². The lowest BCUT2D eigenvalue weighted by Crippen LogP contribution is -2.30. The van der Waals surface area contributed by atoms with Gasteiger partial charge in [0.15, 0.2) is 0 Å². The summed E-state index contributed by atoms with van der Waals surface area (Å²) in [5.74, 6) is 0.795. The summed E-state index contributed by atoms with van der Waals surface area (Å²) >= 11 is 0. The molecule has 0 radical (unpaired) electrons. The average molecular weight is 397 g/mol. The molecule has 6 heteroatoms. The third kappa shape index (κ3) is 2.83. The molecule has 1 aliphatic carbocycles. The van der Waals surface area contributed by atoms with Crippen molar-refractivity contribution in [1.29, 1.82) is 0 Å². The molecule has 2 N–H and O–H groups in total. The van der Waals surface area contributed by atoms with Gasteiger partial charge in [0.1, 0.15) is 5.75 Å². The van der Waals surface area contributed by atoms with Crippen LogP contribution in [0.15, 0.2) is 59.5 Å². The third-order valence-electron chi connectivity index (χ3n) is 6.29. The quantitative estimate of drug-likeness (QED) is 0.770. The van der Waals surface area contributed by atoms with Gasteiger partial charge >= 0.3 is 0 Å². The molecule has 2 heterocycles. The number of benzene rings is 2. The van der Waals surface area contributed by atoms with Crippen molar-refractivity contribution >= 4 is 15.7 Å². The van der Waals surface area contributed by atoms with Crippen LogP contribution in [-0.2, 0) is 10.0 Å². The Kier molecular flexibility index (Phi) is 4.21. The predicted octanol–water partition coefficient (Wildman–Crippen LogP) is 4.00. The number of allylic oxidation sites excluding steroid dienone is 2. The van der Waals surface area contributed by atoms with Crippen molar-refractivity contribution in [1.82, 2.24) is 4.31 Å². The van der Waals surface area contributed by atoms with Gasteiger partial charge in [0.25, 0.3) is 0 Å². The molecule has 2 aromatic rings. The van der Waals surface area contributed by atoms with Gasteiger partial charge in [0.2, 0.25) is 10.0 Å². The summed E-state index contributed by atoms with van der Waals surface area (Å²) in [4.78, 5) is 0.400. The maximum absolute atomic E-state index is 13.0. The molecule has 0 bridgehead atoms. The zero-order chi connectivity index (χ0) is 19.3. The molecular weight excluding hydrogens is 372 g/mol. The molecular formula is C22H24N2O3S. The molecule has 28 heavy (non-hydrogen) atoms. The van der Waals surface area contributed by atoms with E-state index in [1.54, 1.807) is 22.5 Å². The van der Waals surface area contributed by atoms with Crippen LogP contribution in [0.2, 0.25) is 0 Å². The molecule has 0 saturated carbocycles. The Hall–Kier alpha value is -2.31. The Labute approximate surface area is 165 Å². The molecule has 0 amide bonds. The number of sulfonamides is 1. The fraction of sp³-hybridized carbons (Fsp3) is 0.364. The number of phenolic OH excluding ortho intramolecular Hbond substituents is 1. The number of rotatable bonds is 3. The maximum Gasteiger partial charge on any atom is 0.243 e. The molecule has 146 valence electrons. The van der Waals surface area contributed by atoms with Crippen LogP contribution >= 0.6 is 0 Å². The van der Waals surface area contributed by atoms with Gasteiger partial charge in [-0.1, -0.05) is 24.3 Å². The highest BCUT2D eigenvalue weighted by atomic mass is 32.2. The first-order valence-corrected chi connectivity index (χ1v) is 11.3. The van der Waals surface area contributed by atoms with E-state index in [9.17, 15) is 13.5 Å². The Bertz CT molecular complexity index is 1020. The number of anilines is 1. The lowest BCUT2D eigenvalue weighted by Gasteiger charge is -2.37. The Morgan fingerprint density at radius 3 is 2.54 bits per heavy atom. The Balaban J connectivity index is 1.53. The van der Waals surface area contributed by atoms with Gasteiger partial charge in [0.05, 0.1) is 10.9 Å². The van der Waals surface area contributed by atoms with E-state index in [4.69, 9.17) is 0 Å². The summed E-state index contributed by atoms with van der Waals surface area (Å²) in [6.45, 7) is 1.24. The van der Waals surface area contributed by atoms with Crippen molar-refractivity contribution in [3.05, 3.63) is 65.7 Å². The second kappa shape index (κ2) is 6.64. The zero-order valence-electron chi connectivity index (χ0n) is 15.6. The van der Waals surface area contributed by atoms with Crippen molar-refractivity contribution in [3.8, 4) is 5.75 Å². The number of aromatic hydroxyl groups is 1. The van der Waals surface area contributed by atoms with Crippen molar-refractivity contribution in [2.24, 2.45) is 5.92 Å². The van der Waals surface area contributed by atoms with Gasteiger partial charge in [-0.15, -0.1) is 0 Å². The van der Waals surface area contributed by atoms with Crippen LogP contribution in [0.4, 0.5) is 5.69 Å². The molecule has 3 unspecified atom stereocenters. The highest BCUT2D eigenvalue weighted by Crippen LogP contribution is 2.50. The van der Waals surface area contributed by atoms with Crippen molar-refractivity contribution in [2.75, 3.05) is 18.4 Å². The van der Waals surface area contributed by atoms with Crippen LogP contribution in [0.25, 0.3) is 0 Å². The summed E-state index contributed by atoms with van der Waals surface area (Å²) in [7, 11) is -3.42. The second-order valence-electron chi connectivity index (χ2n) is 7.93. The molecule has 2 aromatic carbocycles. The zero-order valence-corrected chi connectivity index (χ0v) is 16.4. The summed E-state index contributed by atoms with van der Waals surface area (Å²) in [6, 6.07) is 13.0. The van der Waals surface area contributed by atoms with Crippen molar-refractivity contribution < 1.29 is 13.5 Å². The number of fused-ring (bicyclic) bond motifs is 3. The fourth-order valence-electron chi connectivity index (χ4n) is 4.82. The SMILES string of the molecule is O=S(=O)(c1ccc2c(c1)C1C=CCC1C(c1ccc(O)cc1)N2)N1CCCC1. The lowest BCUT2D eigenvalue weighted by atomic mass is 9.77. The van der Waals surface area contributed by atoms with E-state index in [0.29, 0.717) is 23.9 Å². The number of hydrogen-bond acceptors (Lipinski definition) is 4. The van der Waals surface area contributed by atoms with Gasteiger partial charge in [-0.25, -0.2) is 8.42 Å². The number of phenols is 1. The van der Waals surface area contributed by atoms with Gasteiger partial charge in [-0.2, -0.15) is 4.31 Å².